The van der Waals surface area contributed by atoms with Crippen molar-refractivity contribution in [1.29, 1.82) is 0 Å². The number of phenolic OH excluding ortho intramolecular Hbond substituents is 1. The number of amides is 1. The highest BCUT2D eigenvalue weighted by molar-refractivity contribution is 5.84. The number of hydrogen-bond donors (Lipinski definition) is 1. The topological polar surface area (TPSA) is 87.8 Å². The fourth-order valence-electron chi connectivity index (χ4n) is 3.07. The lowest BCUT2D eigenvalue weighted by Crippen LogP contribution is -2.38. The molecule has 6 heteroatoms. The van der Waals surface area contributed by atoms with E-state index in [1.807, 2.05) is 6.92 Å². The molecule has 0 bridgehead atoms. The van der Waals surface area contributed by atoms with Crippen LogP contribution in [0.5, 0.6) is 5.75 Å². The molecule has 0 spiro atoms. The molecule has 1 aliphatic heterocycles. The Labute approximate surface area is 138 Å². The molecule has 2 aromatic rings. The minimum atomic E-state index is -0.479. The Kier molecular flexibility index (Phi) is 4.38. The SMILES string of the molecule is Cc1c(CCC(=O)N2CCC(=O)CC2)c(=O)oc2cc(O)ccc12. The number of ketones is 1. The van der Waals surface area contributed by atoms with Gasteiger partial charge in [-0.1, -0.05) is 0 Å². The van der Waals surface area contributed by atoms with Crippen LogP contribution in [-0.4, -0.2) is 34.8 Å². The number of piperidine rings is 1. The van der Waals surface area contributed by atoms with Crippen molar-refractivity contribution in [1.82, 2.24) is 4.90 Å². The number of carbonyl (C=O) groups is 2. The highest BCUT2D eigenvalue weighted by atomic mass is 16.4. The van der Waals surface area contributed by atoms with Crippen LogP contribution in [0.15, 0.2) is 27.4 Å². The summed E-state index contributed by atoms with van der Waals surface area (Å²) in [5.41, 5.74) is 1.10. The number of phenols is 1. The van der Waals surface area contributed by atoms with Gasteiger partial charge in [0.1, 0.15) is 17.1 Å². The molecule has 2 heterocycles. The van der Waals surface area contributed by atoms with E-state index in [1.54, 1.807) is 11.0 Å². The van der Waals surface area contributed by atoms with Crippen LogP contribution in [0.4, 0.5) is 0 Å². The zero-order valence-corrected chi connectivity index (χ0v) is 13.5. The molecule has 0 radical (unpaired) electrons. The average Bonchev–Trinajstić information content (AvgIpc) is 2.54. The molecule has 0 unspecified atom stereocenters. The Morgan fingerprint density at radius 1 is 1.25 bits per heavy atom. The van der Waals surface area contributed by atoms with Gasteiger partial charge in [0.05, 0.1) is 0 Å². The number of hydrogen-bond acceptors (Lipinski definition) is 5. The Bertz CT molecular complexity index is 858. The van der Waals surface area contributed by atoms with Crippen molar-refractivity contribution < 1.29 is 19.1 Å². The highest BCUT2D eigenvalue weighted by Crippen LogP contribution is 2.24. The molecule has 1 amide bonds. The first kappa shape index (κ1) is 16.2. The van der Waals surface area contributed by atoms with Crippen LogP contribution in [0.25, 0.3) is 11.0 Å². The van der Waals surface area contributed by atoms with Crippen LogP contribution in [0.2, 0.25) is 0 Å². The monoisotopic (exact) mass is 329 g/mol. The minimum Gasteiger partial charge on any atom is -0.508 e. The summed E-state index contributed by atoms with van der Waals surface area (Å²) in [6.45, 7) is 2.74. The van der Waals surface area contributed by atoms with Gasteiger partial charge >= 0.3 is 5.63 Å². The van der Waals surface area contributed by atoms with Crippen LogP contribution in [0, 0.1) is 6.92 Å². The second-order valence-electron chi connectivity index (χ2n) is 6.09. The first-order valence-electron chi connectivity index (χ1n) is 8.00. The van der Waals surface area contributed by atoms with Crippen LogP contribution < -0.4 is 5.63 Å². The second-order valence-corrected chi connectivity index (χ2v) is 6.09. The van der Waals surface area contributed by atoms with E-state index in [2.05, 4.69) is 0 Å². The molecule has 0 aliphatic carbocycles. The lowest BCUT2D eigenvalue weighted by atomic mass is 10.0. The molecule has 1 aromatic heterocycles. The third-order valence-electron chi connectivity index (χ3n) is 4.53. The van der Waals surface area contributed by atoms with E-state index in [4.69, 9.17) is 4.42 Å². The molecule has 0 saturated carbocycles. The number of carbonyl (C=O) groups excluding carboxylic acids is 2. The number of rotatable bonds is 3. The van der Waals surface area contributed by atoms with Crippen molar-refractivity contribution in [2.75, 3.05) is 13.1 Å². The third kappa shape index (κ3) is 3.18. The maximum absolute atomic E-state index is 12.3. The summed E-state index contributed by atoms with van der Waals surface area (Å²) in [4.78, 5) is 37.4. The first-order chi connectivity index (χ1) is 11.5. The van der Waals surface area contributed by atoms with Gasteiger partial charge < -0.3 is 14.4 Å². The fraction of sp³-hybridized carbons (Fsp3) is 0.389. The number of Topliss-reactive ketones (excluding diaryl/α,β-unsaturated/α-hetero) is 1. The van der Waals surface area contributed by atoms with E-state index in [0.29, 0.717) is 43.5 Å². The molecule has 1 fully saturated rings. The van der Waals surface area contributed by atoms with Gasteiger partial charge in [-0.05, 0) is 31.0 Å². The summed E-state index contributed by atoms with van der Waals surface area (Å²) in [7, 11) is 0. The molecule has 0 atom stereocenters. The normalized spacial score (nSPS) is 15.0. The van der Waals surface area contributed by atoms with Gasteiger partial charge in [0.2, 0.25) is 5.91 Å². The van der Waals surface area contributed by atoms with E-state index < -0.39 is 5.63 Å². The number of benzene rings is 1. The zero-order valence-electron chi connectivity index (χ0n) is 13.5. The summed E-state index contributed by atoms with van der Waals surface area (Å²) in [5.74, 6) is 0.174. The fourth-order valence-corrected chi connectivity index (χ4v) is 3.07. The van der Waals surface area contributed by atoms with Gasteiger partial charge in [0.25, 0.3) is 0 Å². The summed E-state index contributed by atoms with van der Waals surface area (Å²) in [6.07, 6.45) is 1.33. The predicted molar refractivity (Wildman–Crippen MR) is 88.0 cm³/mol. The molecule has 1 N–H and O–H groups in total. The highest BCUT2D eigenvalue weighted by Gasteiger charge is 2.21. The largest absolute Gasteiger partial charge is 0.508 e. The smallest absolute Gasteiger partial charge is 0.339 e. The Balaban J connectivity index is 1.78. The van der Waals surface area contributed by atoms with Crippen molar-refractivity contribution in [3.8, 4) is 5.75 Å². The van der Waals surface area contributed by atoms with Crippen molar-refractivity contribution in [2.24, 2.45) is 0 Å². The van der Waals surface area contributed by atoms with Crippen LogP contribution >= 0.6 is 0 Å². The Morgan fingerprint density at radius 3 is 2.67 bits per heavy atom. The van der Waals surface area contributed by atoms with Crippen molar-refractivity contribution in [3.63, 3.8) is 0 Å². The summed E-state index contributed by atoms with van der Waals surface area (Å²) >= 11 is 0. The molecule has 1 aromatic carbocycles. The predicted octanol–water partition coefficient (Wildman–Crippen LogP) is 1.93. The average molecular weight is 329 g/mol. The van der Waals surface area contributed by atoms with E-state index >= 15 is 0 Å². The maximum Gasteiger partial charge on any atom is 0.339 e. The molecular formula is C18H19NO5. The second kappa shape index (κ2) is 6.47. The van der Waals surface area contributed by atoms with Gasteiger partial charge in [-0.2, -0.15) is 0 Å². The molecular weight excluding hydrogens is 310 g/mol. The number of aryl methyl sites for hydroxylation is 1. The van der Waals surface area contributed by atoms with E-state index in [9.17, 15) is 19.5 Å². The first-order valence-corrected chi connectivity index (χ1v) is 8.00. The maximum atomic E-state index is 12.3. The number of fused-ring (bicyclic) bond motifs is 1. The molecule has 6 nitrogen and oxygen atoms in total. The van der Waals surface area contributed by atoms with E-state index in [-0.39, 0.29) is 23.9 Å². The van der Waals surface area contributed by atoms with Gasteiger partial charge in [-0.15, -0.1) is 0 Å². The van der Waals surface area contributed by atoms with Gasteiger partial charge in [0.15, 0.2) is 0 Å². The third-order valence-corrected chi connectivity index (χ3v) is 4.53. The lowest BCUT2D eigenvalue weighted by Gasteiger charge is -2.26. The summed E-state index contributed by atoms with van der Waals surface area (Å²) < 4.78 is 5.26. The standard InChI is InChI=1S/C18H19NO5/c1-11-14-3-2-13(21)10-16(14)24-18(23)15(11)4-5-17(22)19-8-6-12(20)7-9-19/h2-3,10,21H,4-9H2,1H3. The molecule has 126 valence electrons. The number of likely N-dealkylation sites (tertiary alicyclic amines) is 1. The van der Waals surface area contributed by atoms with E-state index in [0.717, 1.165) is 10.9 Å². The molecule has 24 heavy (non-hydrogen) atoms. The Hall–Kier alpha value is -2.63. The van der Waals surface area contributed by atoms with Gasteiger partial charge in [0, 0.05) is 49.4 Å². The van der Waals surface area contributed by atoms with Crippen LogP contribution in [-0.2, 0) is 16.0 Å². The molecule has 3 rings (SSSR count). The molecule has 1 saturated heterocycles. The van der Waals surface area contributed by atoms with Crippen LogP contribution in [0.3, 0.4) is 0 Å². The van der Waals surface area contributed by atoms with Crippen molar-refractivity contribution >= 4 is 22.7 Å². The zero-order chi connectivity index (χ0) is 17.3. The van der Waals surface area contributed by atoms with Crippen molar-refractivity contribution in [2.45, 2.75) is 32.6 Å². The lowest BCUT2D eigenvalue weighted by molar-refractivity contribution is -0.134. The van der Waals surface area contributed by atoms with E-state index in [1.165, 1.54) is 12.1 Å². The number of aromatic hydroxyl groups is 1. The molecule has 1 aliphatic rings. The van der Waals surface area contributed by atoms with Crippen LogP contribution in [0.1, 0.15) is 30.4 Å². The quantitative estimate of drug-likeness (QED) is 0.869. The van der Waals surface area contributed by atoms with Gasteiger partial charge in [-0.25, -0.2) is 4.79 Å². The summed E-state index contributed by atoms with van der Waals surface area (Å²) in [6, 6.07) is 4.64. The minimum absolute atomic E-state index is 0.0348. The Morgan fingerprint density at radius 2 is 1.96 bits per heavy atom. The van der Waals surface area contributed by atoms with Crippen molar-refractivity contribution in [3.05, 3.63) is 39.7 Å². The number of nitrogens with zero attached hydrogens (tertiary/aromatic N) is 1. The summed E-state index contributed by atoms with van der Waals surface area (Å²) in [5, 5.41) is 10.2. The van der Waals surface area contributed by atoms with Gasteiger partial charge in [-0.3, -0.25) is 9.59 Å².